The first-order valence-corrected chi connectivity index (χ1v) is 8.12. The molecule has 0 unspecified atom stereocenters. The predicted octanol–water partition coefficient (Wildman–Crippen LogP) is 1.90. The van der Waals surface area contributed by atoms with Gasteiger partial charge in [-0.05, 0) is 39.8 Å². The van der Waals surface area contributed by atoms with Crippen molar-refractivity contribution in [2.75, 3.05) is 44.3 Å². The van der Waals surface area contributed by atoms with Gasteiger partial charge >= 0.3 is 0 Å². The zero-order valence-electron chi connectivity index (χ0n) is 13.2. The standard InChI is InChI=1S/C16H26N4O/c1-13(2)19-5-3-14(4-6-19)15-11-18-16(12-17-15)20-7-9-21-10-8-20/h11-14H,3-10H2,1-2H3. The number of hydrogen-bond donors (Lipinski definition) is 0. The van der Waals surface area contributed by atoms with Crippen LogP contribution in [0.4, 0.5) is 5.82 Å². The van der Waals surface area contributed by atoms with E-state index in [4.69, 9.17) is 4.74 Å². The lowest BCUT2D eigenvalue weighted by Gasteiger charge is -2.34. The van der Waals surface area contributed by atoms with Crippen molar-refractivity contribution in [1.82, 2.24) is 14.9 Å². The van der Waals surface area contributed by atoms with Crippen LogP contribution in [0.3, 0.4) is 0 Å². The maximum Gasteiger partial charge on any atom is 0.147 e. The molecule has 2 saturated heterocycles. The van der Waals surface area contributed by atoms with Crippen LogP contribution in [0.15, 0.2) is 12.4 Å². The number of piperidine rings is 1. The van der Waals surface area contributed by atoms with E-state index in [2.05, 4.69) is 33.6 Å². The van der Waals surface area contributed by atoms with Gasteiger partial charge in [0, 0.05) is 25.0 Å². The molecule has 0 N–H and O–H groups in total. The van der Waals surface area contributed by atoms with E-state index in [1.54, 1.807) is 0 Å². The normalized spacial score (nSPS) is 22.0. The maximum absolute atomic E-state index is 5.37. The molecule has 0 aliphatic carbocycles. The van der Waals surface area contributed by atoms with Gasteiger partial charge in [0.15, 0.2) is 0 Å². The molecule has 0 bridgehead atoms. The summed E-state index contributed by atoms with van der Waals surface area (Å²) in [5.41, 5.74) is 1.16. The Hall–Kier alpha value is -1.20. The third-order valence-corrected chi connectivity index (χ3v) is 4.67. The smallest absolute Gasteiger partial charge is 0.147 e. The van der Waals surface area contributed by atoms with Crippen molar-refractivity contribution in [2.24, 2.45) is 0 Å². The molecule has 2 aliphatic heterocycles. The SMILES string of the molecule is CC(C)N1CCC(c2cnc(N3CCOCC3)cn2)CC1. The minimum Gasteiger partial charge on any atom is -0.378 e. The molecule has 3 heterocycles. The molecule has 21 heavy (non-hydrogen) atoms. The second kappa shape index (κ2) is 6.71. The lowest BCUT2D eigenvalue weighted by atomic mass is 9.93. The van der Waals surface area contributed by atoms with E-state index in [1.165, 1.54) is 25.9 Å². The molecule has 0 spiro atoms. The van der Waals surface area contributed by atoms with Gasteiger partial charge in [-0.2, -0.15) is 0 Å². The first kappa shape index (κ1) is 14.7. The van der Waals surface area contributed by atoms with Crippen LogP contribution in [0.1, 0.15) is 38.3 Å². The van der Waals surface area contributed by atoms with Gasteiger partial charge in [0.1, 0.15) is 5.82 Å². The second-order valence-electron chi connectivity index (χ2n) is 6.30. The van der Waals surface area contributed by atoms with Gasteiger partial charge in [-0.25, -0.2) is 4.98 Å². The lowest BCUT2D eigenvalue weighted by molar-refractivity contribution is 0.122. The van der Waals surface area contributed by atoms with Gasteiger partial charge in [-0.15, -0.1) is 0 Å². The molecule has 5 heteroatoms. The van der Waals surface area contributed by atoms with E-state index < -0.39 is 0 Å². The third-order valence-electron chi connectivity index (χ3n) is 4.67. The summed E-state index contributed by atoms with van der Waals surface area (Å²) >= 11 is 0. The van der Waals surface area contributed by atoms with E-state index in [9.17, 15) is 0 Å². The Labute approximate surface area is 127 Å². The van der Waals surface area contributed by atoms with Gasteiger partial charge in [0.25, 0.3) is 0 Å². The average Bonchev–Trinajstić information content (AvgIpc) is 2.56. The topological polar surface area (TPSA) is 41.5 Å². The zero-order valence-corrected chi connectivity index (χ0v) is 13.2. The number of likely N-dealkylation sites (tertiary alicyclic amines) is 1. The largest absolute Gasteiger partial charge is 0.378 e. The van der Waals surface area contributed by atoms with Gasteiger partial charge < -0.3 is 14.5 Å². The fourth-order valence-corrected chi connectivity index (χ4v) is 3.21. The van der Waals surface area contributed by atoms with Crippen molar-refractivity contribution in [1.29, 1.82) is 0 Å². The highest BCUT2D eigenvalue weighted by Crippen LogP contribution is 2.27. The van der Waals surface area contributed by atoms with E-state index in [0.29, 0.717) is 12.0 Å². The molecule has 2 fully saturated rings. The van der Waals surface area contributed by atoms with Crippen LogP contribution < -0.4 is 4.90 Å². The maximum atomic E-state index is 5.37. The highest BCUT2D eigenvalue weighted by Gasteiger charge is 2.23. The molecule has 1 aromatic heterocycles. The first-order chi connectivity index (χ1) is 10.2. The molecule has 0 atom stereocenters. The van der Waals surface area contributed by atoms with Gasteiger partial charge in [-0.1, -0.05) is 0 Å². The Bertz CT molecular complexity index is 434. The molecular weight excluding hydrogens is 264 g/mol. The van der Waals surface area contributed by atoms with E-state index >= 15 is 0 Å². The molecule has 116 valence electrons. The summed E-state index contributed by atoms with van der Waals surface area (Å²) in [4.78, 5) is 14.1. The number of morpholine rings is 1. The van der Waals surface area contributed by atoms with E-state index in [-0.39, 0.29) is 0 Å². The van der Waals surface area contributed by atoms with E-state index in [0.717, 1.165) is 37.8 Å². The van der Waals surface area contributed by atoms with Crippen LogP contribution in [-0.2, 0) is 4.74 Å². The molecule has 2 aliphatic rings. The summed E-state index contributed by atoms with van der Waals surface area (Å²) in [5, 5.41) is 0. The van der Waals surface area contributed by atoms with Crippen molar-refractivity contribution in [3.05, 3.63) is 18.1 Å². The quantitative estimate of drug-likeness (QED) is 0.850. The van der Waals surface area contributed by atoms with Crippen LogP contribution in [0, 0.1) is 0 Å². The molecule has 5 nitrogen and oxygen atoms in total. The average molecular weight is 290 g/mol. The van der Waals surface area contributed by atoms with Crippen LogP contribution in [-0.4, -0.2) is 60.3 Å². The van der Waals surface area contributed by atoms with Crippen LogP contribution >= 0.6 is 0 Å². The van der Waals surface area contributed by atoms with Gasteiger partial charge in [0.2, 0.25) is 0 Å². The summed E-state index contributed by atoms with van der Waals surface area (Å²) in [6.07, 6.45) is 6.32. The summed E-state index contributed by atoms with van der Waals surface area (Å²) in [7, 11) is 0. The van der Waals surface area contributed by atoms with Crippen LogP contribution in [0.5, 0.6) is 0 Å². The molecule has 0 aromatic carbocycles. The number of rotatable bonds is 3. The highest BCUT2D eigenvalue weighted by atomic mass is 16.5. The number of nitrogens with zero attached hydrogens (tertiary/aromatic N) is 4. The van der Waals surface area contributed by atoms with Crippen LogP contribution in [0.2, 0.25) is 0 Å². The molecular formula is C16H26N4O. The number of aromatic nitrogens is 2. The lowest BCUT2D eigenvalue weighted by Crippen LogP contribution is -2.38. The van der Waals surface area contributed by atoms with Crippen molar-refractivity contribution >= 4 is 5.82 Å². The predicted molar refractivity (Wildman–Crippen MR) is 83.7 cm³/mol. The third kappa shape index (κ3) is 3.52. The number of ether oxygens (including phenoxy) is 1. The van der Waals surface area contributed by atoms with Crippen molar-refractivity contribution in [3.8, 4) is 0 Å². The van der Waals surface area contributed by atoms with Crippen LogP contribution in [0.25, 0.3) is 0 Å². The summed E-state index contributed by atoms with van der Waals surface area (Å²) < 4.78 is 5.37. The number of anilines is 1. The fraction of sp³-hybridized carbons (Fsp3) is 0.750. The second-order valence-corrected chi connectivity index (χ2v) is 6.30. The monoisotopic (exact) mass is 290 g/mol. The van der Waals surface area contributed by atoms with Crippen molar-refractivity contribution < 1.29 is 4.74 Å². The Kier molecular flexibility index (Phi) is 4.70. The summed E-state index contributed by atoms with van der Waals surface area (Å²) in [6, 6.07) is 0.653. The Morgan fingerprint density at radius 3 is 2.33 bits per heavy atom. The number of hydrogen-bond acceptors (Lipinski definition) is 5. The molecule has 1 aromatic rings. The zero-order chi connectivity index (χ0) is 14.7. The minimum atomic E-state index is 0.575. The summed E-state index contributed by atoms with van der Waals surface area (Å²) in [5.74, 6) is 1.56. The van der Waals surface area contributed by atoms with E-state index in [1.807, 2.05) is 12.4 Å². The van der Waals surface area contributed by atoms with Crippen molar-refractivity contribution in [2.45, 2.75) is 38.6 Å². The van der Waals surface area contributed by atoms with Crippen molar-refractivity contribution in [3.63, 3.8) is 0 Å². The Balaban J connectivity index is 1.59. The molecule has 3 rings (SSSR count). The minimum absolute atomic E-state index is 0.575. The molecule has 0 saturated carbocycles. The summed E-state index contributed by atoms with van der Waals surface area (Å²) in [6.45, 7) is 10.3. The molecule has 0 radical (unpaired) electrons. The van der Waals surface area contributed by atoms with Gasteiger partial charge in [-0.3, -0.25) is 4.98 Å². The highest BCUT2D eigenvalue weighted by molar-refractivity contribution is 5.36. The van der Waals surface area contributed by atoms with Gasteiger partial charge in [0.05, 0.1) is 31.3 Å². The Morgan fingerprint density at radius 2 is 1.76 bits per heavy atom. The first-order valence-electron chi connectivity index (χ1n) is 8.12. The molecule has 0 amide bonds. The Morgan fingerprint density at radius 1 is 1.05 bits per heavy atom. The fourth-order valence-electron chi connectivity index (χ4n) is 3.21.